The Labute approximate surface area is 202 Å². The minimum atomic E-state index is -1.26. The fourth-order valence-corrected chi connectivity index (χ4v) is 8.64. The largest absolute Gasteiger partial charge is 0.393 e. The SMILES string of the molecule is CC(C)(O)C[C@@H](O)C[C@@](C)(O)[C@H]1CC[C@@]2(O)C3=CC(=O)[C@H]4C[C@@H](O)[C@@H](O)C[C@]4(C)[C@@H]3CC[C@]12C. The van der Waals surface area contributed by atoms with Gasteiger partial charge in [-0.25, -0.2) is 0 Å². The standard InChI is InChI=1S/C27H44O7/c1-23(2,32)12-15(28)13-26(5,33)22-7-9-27(34)17-10-19(29)18-11-20(30)21(31)14-24(18,3)16(17)6-8-25(22,27)4/h10,15-16,18,20-22,28,30-34H,6-9,11-14H2,1-5H3/t15-,16-,18-,20-,21+,22+,24-,25-,26-,27-/m1/s1. The Morgan fingerprint density at radius 2 is 1.68 bits per heavy atom. The molecule has 7 nitrogen and oxygen atoms in total. The summed E-state index contributed by atoms with van der Waals surface area (Å²) in [5, 5.41) is 65.1. The van der Waals surface area contributed by atoms with Crippen molar-refractivity contribution >= 4 is 5.78 Å². The number of hydrogen-bond donors (Lipinski definition) is 6. The zero-order chi connectivity index (χ0) is 25.5. The third kappa shape index (κ3) is 3.91. The quantitative estimate of drug-likeness (QED) is 0.353. The highest BCUT2D eigenvalue weighted by Gasteiger charge is 2.68. The number of aliphatic hydroxyl groups excluding tert-OH is 3. The summed E-state index contributed by atoms with van der Waals surface area (Å²) in [5.41, 5.74) is -4.04. The van der Waals surface area contributed by atoms with E-state index in [-0.39, 0.29) is 42.8 Å². The lowest BCUT2D eigenvalue weighted by Crippen LogP contribution is -2.62. The van der Waals surface area contributed by atoms with E-state index < -0.39 is 45.9 Å². The molecular weight excluding hydrogens is 436 g/mol. The molecule has 0 radical (unpaired) electrons. The molecule has 7 heteroatoms. The topological polar surface area (TPSA) is 138 Å². The summed E-state index contributed by atoms with van der Waals surface area (Å²) in [6.07, 6.45) is 2.12. The fourth-order valence-electron chi connectivity index (χ4n) is 8.64. The molecule has 34 heavy (non-hydrogen) atoms. The van der Waals surface area contributed by atoms with E-state index in [1.54, 1.807) is 26.8 Å². The molecule has 0 aliphatic heterocycles. The highest BCUT2D eigenvalue weighted by Crippen LogP contribution is 2.68. The molecule has 4 rings (SSSR count). The van der Waals surface area contributed by atoms with Crippen molar-refractivity contribution in [3.8, 4) is 0 Å². The van der Waals surface area contributed by atoms with Gasteiger partial charge in [0, 0.05) is 24.2 Å². The summed E-state index contributed by atoms with van der Waals surface area (Å²) in [5.74, 6) is -0.819. The van der Waals surface area contributed by atoms with Crippen LogP contribution in [0.2, 0.25) is 0 Å². The van der Waals surface area contributed by atoms with E-state index >= 15 is 0 Å². The molecule has 0 aromatic rings. The highest BCUT2D eigenvalue weighted by atomic mass is 16.3. The summed E-state index contributed by atoms with van der Waals surface area (Å²) in [6, 6.07) is 0. The van der Waals surface area contributed by atoms with Gasteiger partial charge in [0.15, 0.2) is 5.78 Å². The van der Waals surface area contributed by atoms with Crippen molar-refractivity contribution in [1.82, 2.24) is 0 Å². The van der Waals surface area contributed by atoms with E-state index in [4.69, 9.17) is 0 Å². The van der Waals surface area contributed by atoms with Gasteiger partial charge in [-0.15, -0.1) is 0 Å². The van der Waals surface area contributed by atoms with E-state index in [1.807, 2.05) is 13.8 Å². The van der Waals surface area contributed by atoms with Crippen LogP contribution in [-0.4, -0.2) is 71.5 Å². The molecule has 0 aromatic carbocycles. The lowest BCUT2D eigenvalue weighted by atomic mass is 9.45. The maximum absolute atomic E-state index is 13.2. The average Bonchev–Trinajstić information content (AvgIpc) is 2.95. The zero-order valence-electron chi connectivity index (χ0n) is 21.3. The van der Waals surface area contributed by atoms with Gasteiger partial charge in [-0.3, -0.25) is 4.79 Å². The van der Waals surface area contributed by atoms with Crippen LogP contribution in [0.1, 0.15) is 86.0 Å². The Kier molecular flexibility index (Phi) is 6.24. The lowest BCUT2D eigenvalue weighted by molar-refractivity contribution is -0.163. The van der Waals surface area contributed by atoms with E-state index in [1.165, 1.54) is 0 Å². The predicted octanol–water partition coefficient (Wildman–Crippen LogP) is 1.85. The van der Waals surface area contributed by atoms with Crippen LogP contribution in [-0.2, 0) is 4.79 Å². The van der Waals surface area contributed by atoms with Crippen LogP contribution >= 0.6 is 0 Å². The number of hydrogen-bond acceptors (Lipinski definition) is 7. The van der Waals surface area contributed by atoms with Crippen LogP contribution in [0, 0.1) is 28.6 Å². The number of carbonyl (C=O) groups is 1. The Bertz CT molecular complexity index is 860. The molecule has 0 saturated heterocycles. The molecule has 3 saturated carbocycles. The monoisotopic (exact) mass is 480 g/mol. The Morgan fingerprint density at radius 3 is 2.29 bits per heavy atom. The van der Waals surface area contributed by atoms with E-state index in [0.29, 0.717) is 25.7 Å². The molecule has 10 atom stereocenters. The summed E-state index contributed by atoms with van der Waals surface area (Å²) < 4.78 is 0. The summed E-state index contributed by atoms with van der Waals surface area (Å²) in [6.45, 7) is 8.98. The smallest absolute Gasteiger partial charge is 0.159 e. The molecule has 0 heterocycles. The van der Waals surface area contributed by atoms with Crippen molar-refractivity contribution in [1.29, 1.82) is 0 Å². The van der Waals surface area contributed by atoms with Crippen LogP contribution in [0.5, 0.6) is 0 Å². The summed E-state index contributed by atoms with van der Waals surface area (Å²) >= 11 is 0. The molecule has 4 aliphatic rings. The molecule has 0 amide bonds. The first-order valence-electron chi connectivity index (χ1n) is 12.9. The van der Waals surface area contributed by atoms with Gasteiger partial charge in [-0.2, -0.15) is 0 Å². The minimum Gasteiger partial charge on any atom is -0.393 e. The van der Waals surface area contributed by atoms with Gasteiger partial charge >= 0.3 is 0 Å². The second kappa shape index (κ2) is 8.09. The Balaban J connectivity index is 1.65. The summed E-state index contributed by atoms with van der Waals surface area (Å²) in [7, 11) is 0. The first kappa shape index (κ1) is 26.2. The number of rotatable bonds is 5. The van der Waals surface area contributed by atoms with Gasteiger partial charge in [0.1, 0.15) is 0 Å². The van der Waals surface area contributed by atoms with Gasteiger partial charge in [0.2, 0.25) is 0 Å². The zero-order valence-corrected chi connectivity index (χ0v) is 21.3. The number of ketones is 1. The molecule has 4 aliphatic carbocycles. The molecule has 0 aromatic heterocycles. The maximum atomic E-state index is 13.2. The second-order valence-corrected chi connectivity index (χ2v) is 13.3. The van der Waals surface area contributed by atoms with E-state index in [0.717, 1.165) is 12.0 Å². The summed E-state index contributed by atoms with van der Waals surface area (Å²) in [4.78, 5) is 13.2. The first-order valence-corrected chi connectivity index (χ1v) is 12.9. The van der Waals surface area contributed by atoms with Crippen LogP contribution in [0.4, 0.5) is 0 Å². The van der Waals surface area contributed by atoms with Crippen LogP contribution in [0.25, 0.3) is 0 Å². The van der Waals surface area contributed by atoms with Gasteiger partial charge in [0.05, 0.1) is 35.1 Å². The molecular formula is C27H44O7. The van der Waals surface area contributed by atoms with Gasteiger partial charge in [-0.05, 0) is 88.2 Å². The predicted molar refractivity (Wildman–Crippen MR) is 127 cm³/mol. The third-order valence-electron chi connectivity index (χ3n) is 10.3. The van der Waals surface area contributed by atoms with Crippen LogP contribution < -0.4 is 0 Å². The second-order valence-electron chi connectivity index (χ2n) is 13.3. The maximum Gasteiger partial charge on any atom is 0.159 e. The fraction of sp³-hybridized carbons (Fsp3) is 0.889. The van der Waals surface area contributed by atoms with Gasteiger partial charge in [-0.1, -0.05) is 13.8 Å². The van der Waals surface area contributed by atoms with Crippen molar-refractivity contribution in [3.05, 3.63) is 11.6 Å². The third-order valence-corrected chi connectivity index (χ3v) is 10.3. The highest BCUT2D eigenvalue weighted by molar-refractivity contribution is 5.95. The average molecular weight is 481 g/mol. The number of allylic oxidation sites excluding steroid dienone is 1. The van der Waals surface area contributed by atoms with Gasteiger partial charge in [0.25, 0.3) is 0 Å². The first-order chi connectivity index (χ1) is 15.4. The van der Waals surface area contributed by atoms with E-state index in [9.17, 15) is 35.4 Å². The molecule has 194 valence electrons. The number of carbonyl (C=O) groups excluding carboxylic acids is 1. The molecule has 0 unspecified atom stereocenters. The van der Waals surface area contributed by atoms with Crippen molar-refractivity contribution in [3.63, 3.8) is 0 Å². The molecule has 0 bridgehead atoms. The molecule has 0 spiro atoms. The number of fused-ring (bicyclic) bond motifs is 5. The minimum absolute atomic E-state index is 0.0695. The van der Waals surface area contributed by atoms with Crippen molar-refractivity contribution in [2.45, 2.75) is 121 Å². The normalized spacial score (nSPS) is 47.2. The van der Waals surface area contributed by atoms with Gasteiger partial charge < -0.3 is 30.6 Å². The Morgan fingerprint density at radius 1 is 1.03 bits per heavy atom. The van der Waals surface area contributed by atoms with Crippen molar-refractivity contribution < 1.29 is 35.4 Å². The van der Waals surface area contributed by atoms with Crippen LogP contribution in [0.3, 0.4) is 0 Å². The van der Waals surface area contributed by atoms with E-state index in [2.05, 4.69) is 0 Å². The van der Waals surface area contributed by atoms with Crippen LogP contribution in [0.15, 0.2) is 11.6 Å². The Hall–Kier alpha value is -0.830. The molecule has 6 N–H and O–H groups in total. The lowest BCUT2D eigenvalue weighted by Gasteiger charge is -2.60. The van der Waals surface area contributed by atoms with Crippen molar-refractivity contribution in [2.24, 2.45) is 28.6 Å². The number of aliphatic hydroxyl groups is 6. The van der Waals surface area contributed by atoms with Crippen molar-refractivity contribution in [2.75, 3.05) is 0 Å². The molecule has 3 fully saturated rings.